The van der Waals surface area contributed by atoms with E-state index in [1.54, 1.807) is 0 Å². The summed E-state index contributed by atoms with van der Waals surface area (Å²) in [6.45, 7) is 7.13. The highest BCUT2D eigenvalue weighted by Crippen LogP contribution is 2.45. The van der Waals surface area contributed by atoms with Gasteiger partial charge in [-0.3, -0.25) is 0 Å². The summed E-state index contributed by atoms with van der Waals surface area (Å²) in [7, 11) is 0. The molecule has 2 rings (SSSR count). The zero-order valence-corrected chi connectivity index (χ0v) is 8.82. The van der Waals surface area contributed by atoms with Crippen molar-refractivity contribution in [3.63, 3.8) is 0 Å². The summed E-state index contributed by atoms with van der Waals surface area (Å²) in [6.07, 6.45) is 9.05. The maximum atomic E-state index is 10.9. The van der Waals surface area contributed by atoms with Crippen LogP contribution in [-0.2, 0) is 9.53 Å². The number of fused-ring (bicyclic) bond motifs is 2. The van der Waals surface area contributed by atoms with E-state index >= 15 is 0 Å². The van der Waals surface area contributed by atoms with Crippen LogP contribution in [0.4, 0.5) is 0 Å². The second kappa shape index (κ2) is 4.05. The highest BCUT2D eigenvalue weighted by Gasteiger charge is 2.35. The van der Waals surface area contributed by atoms with Gasteiger partial charge in [0.05, 0.1) is 0 Å². The molecule has 2 aliphatic carbocycles. The Bertz CT molecular complexity index is 327. The molecule has 0 aromatic carbocycles. The zero-order valence-electron chi connectivity index (χ0n) is 8.82. The predicted octanol–water partition coefficient (Wildman–Crippen LogP) is 2.83. The van der Waals surface area contributed by atoms with Gasteiger partial charge in [0, 0.05) is 12.5 Å². The summed E-state index contributed by atoms with van der Waals surface area (Å²) in [5, 5.41) is 0. The second-order valence-corrected chi connectivity index (χ2v) is 4.41. The van der Waals surface area contributed by atoms with E-state index in [0.717, 1.165) is 12.3 Å². The van der Waals surface area contributed by atoms with Crippen LogP contribution in [0.5, 0.6) is 0 Å². The first-order valence-corrected chi connectivity index (χ1v) is 5.39. The molecule has 1 saturated carbocycles. The van der Waals surface area contributed by atoms with Crippen LogP contribution in [0.15, 0.2) is 37.1 Å². The monoisotopic (exact) mass is 204 g/mol. The third-order valence-corrected chi connectivity index (χ3v) is 3.32. The van der Waals surface area contributed by atoms with Gasteiger partial charge in [0.2, 0.25) is 0 Å². The van der Waals surface area contributed by atoms with Gasteiger partial charge in [-0.25, -0.2) is 4.79 Å². The smallest absolute Gasteiger partial charge is 0.335 e. The maximum absolute atomic E-state index is 10.9. The maximum Gasteiger partial charge on any atom is 0.335 e. The van der Waals surface area contributed by atoms with Gasteiger partial charge in [-0.05, 0) is 30.6 Å². The molecule has 0 amide bonds. The van der Waals surface area contributed by atoms with Crippen LogP contribution in [-0.4, -0.2) is 5.97 Å². The number of hydrogen-bond acceptors (Lipinski definition) is 2. The predicted molar refractivity (Wildman–Crippen MR) is 58.9 cm³/mol. The number of carbonyl (C=O) groups excluding carboxylic acids is 1. The number of carbonyl (C=O) groups is 1. The molecule has 2 aliphatic rings. The average molecular weight is 204 g/mol. The molecule has 0 aliphatic heterocycles. The first-order valence-electron chi connectivity index (χ1n) is 5.39. The van der Waals surface area contributed by atoms with Crippen LogP contribution in [0.3, 0.4) is 0 Å². The number of allylic oxidation sites excluding steroid dienone is 3. The second-order valence-electron chi connectivity index (χ2n) is 4.41. The normalized spacial score (nSPS) is 31.6. The van der Waals surface area contributed by atoms with E-state index in [-0.39, 0.29) is 0 Å². The van der Waals surface area contributed by atoms with Crippen LogP contribution in [0.1, 0.15) is 19.3 Å². The Kier molecular flexibility index (Phi) is 2.76. The SMILES string of the molecule is C=CC(=O)OC(=C)CC1CC2C=CC1C2. The third kappa shape index (κ3) is 2.20. The van der Waals surface area contributed by atoms with Crippen molar-refractivity contribution in [2.75, 3.05) is 0 Å². The van der Waals surface area contributed by atoms with Crippen molar-refractivity contribution in [1.29, 1.82) is 0 Å². The summed E-state index contributed by atoms with van der Waals surface area (Å²) in [5.41, 5.74) is 0. The number of ether oxygens (including phenoxy) is 1. The van der Waals surface area contributed by atoms with Crippen molar-refractivity contribution in [2.45, 2.75) is 19.3 Å². The molecule has 2 nitrogen and oxygen atoms in total. The quantitative estimate of drug-likeness (QED) is 0.304. The lowest BCUT2D eigenvalue weighted by atomic mass is 9.90. The van der Waals surface area contributed by atoms with Gasteiger partial charge in [-0.2, -0.15) is 0 Å². The molecule has 3 unspecified atom stereocenters. The number of hydrogen-bond donors (Lipinski definition) is 0. The van der Waals surface area contributed by atoms with E-state index in [1.165, 1.54) is 18.9 Å². The van der Waals surface area contributed by atoms with Gasteiger partial charge in [-0.1, -0.05) is 25.3 Å². The minimum absolute atomic E-state index is 0.404. The van der Waals surface area contributed by atoms with Crippen molar-refractivity contribution >= 4 is 5.97 Å². The van der Waals surface area contributed by atoms with Crippen molar-refractivity contribution in [3.8, 4) is 0 Å². The third-order valence-electron chi connectivity index (χ3n) is 3.32. The van der Waals surface area contributed by atoms with E-state index in [0.29, 0.717) is 17.6 Å². The van der Waals surface area contributed by atoms with Crippen molar-refractivity contribution in [2.24, 2.45) is 17.8 Å². The Balaban J connectivity index is 1.82. The molecule has 0 N–H and O–H groups in total. The van der Waals surface area contributed by atoms with Crippen LogP contribution >= 0.6 is 0 Å². The van der Waals surface area contributed by atoms with Crippen LogP contribution in [0, 0.1) is 17.8 Å². The molecule has 15 heavy (non-hydrogen) atoms. The van der Waals surface area contributed by atoms with E-state index < -0.39 is 5.97 Å². The largest absolute Gasteiger partial charge is 0.429 e. The van der Waals surface area contributed by atoms with E-state index in [2.05, 4.69) is 25.3 Å². The highest BCUT2D eigenvalue weighted by molar-refractivity contribution is 5.82. The minimum atomic E-state index is -0.404. The molecule has 0 heterocycles. The Labute approximate surface area is 90.3 Å². The Morgan fingerprint density at radius 3 is 2.80 bits per heavy atom. The van der Waals surface area contributed by atoms with Crippen molar-refractivity contribution in [1.82, 2.24) is 0 Å². The Morgan fingerprint density at radius 2 is 2.27 bits per heavy atom. The van der Waals surface area contributed by atoms with E-state index in [4.69, 9.17) is 4.74 Å². The standard InChI is InChI=1S/C13H16O2/c1-3-13(14)15-9(2)6-12-8-10-4-5-11(12)7-10/h3-5,10-12H,1-2,6-8H2. The Hall–Kier alpha value is -1.31. The molecule has 0 aromatic rings. The van der Waals surface area contributed by atoms with Crippen molar-refractivity contribution in [3.05, 3.63) is 37.1 Å². The summed E-state index contributed by atoms with van der Waals surface area (Å²) in [4.78, 5) is 10.9. The van der Waals surface area contributed by atoms with Gasteiger partial charge < -0.3 is 4.74 Å². The average Bonchev–Trinajstić information content (AvgIpc) is 2.78. The molecule has 0 aromatic heterocycles. The van der Waals surface area contributed by atoms with Crippen LogP contribution < -0.4 is 0 Å². The molecule has 0 radical (unpaired) electrons. The molecule has 1 fully saturated rings. The lowest BCUT2D eigenvalue weighted by Crippen LogP contribution is -2.10. The fourth-order valence-electron chi connectivity index (χ4n) is 2.65. The zero-order chi connectivity index (χ0) is 10.8. The number of esters is 1. The molecular formula is C13H16O2. The van der Waals surface area contributed by atoms with E-state index in [1.807, 2.05) is 0 Å². The summed E-state index contributed by atoms with van der Waals surface area (Å²) >= 11 is 0. The first kappa shape index (κ1) is 10.2. The highest BCUT2D eigenvalue weighted by atomic mass is 16.5. The lowest BCUT2D eigenvalue weighted by Gasteiger charge is -2.18. The van der Waals surface area contributed by atoms with Gasteiger partial charge in [-0.15, -0.1) is 0 Å². The minimum Gasteiger partial charge on any atom is -0.429 e. The van der Waals surface area contributed by atoms with Crippen molar-refractivity contribution < 1.29 is 9.53 Å². The number of rotatable bonds is 4. The van der Waals surface area contributed by atoms with Gasteiger partial charge >= 0.3 is 5.97 Å². The Morgan fingerprint density at radius 1 is 1.47 bits per heavy atom. The fraction of sp³-hybridized carbons (Fsp3) is 0.462. The van der Waals surface area contributed by atoms with Crippen LogP contribution in [0.25, 0.3) is 0 Å². The van der Waals surface area contributed by atoms with Gasteiger partial charge in [0.1, 0.15) is 5.76 Å². The summed E-state index contributed by atoms with van der Waals surface area (Å²) < 4.78 is 4.99. The molecular weight excluding hydrogens is 188 g/mol. The molecule has 0 spiro atoms. The van der Waals surface area contributed by atoms with Gasteiger partial charge in [0.15, 0.2) is 0 Å². The molecule has 2 bridgehead atoms. The fourth-order valence-corrected chi connectivity index (χ4v) is 2.65. The summed E-state index contributed by atoms with van der Waals surface area (Å²) in [5.74, 6) is 2.21. The molecule has 3 atom stereocenters. The van der Waals surface area contributed by atoms with E-state index in [9.17, 15) is 4.79 Å². The lowest BCUT2D eigenvalue weighted by molar-refractivity contribution is -0.134. The first-order chi connectivity index (χ1) is 7.19. The topological polar surface area (TPSA) is 26.3 Å². The summed E-state index contributed by atoms with van der Waals surface area (Å²) in [6, 6.07) is 0. The molecule has 2 heteroatoms. The van der Waals surface area contributed by atoms with Crippen LogP contribution in [0.2, 0.25) is 0 Å². The van der Waals surface area contributed by atoms with Gasteiger partial charge in [0.25, 0.3) is 0 Å². The molecule has 80 valence electrons. The molecule has 0 saturated heterocycles.